The molecule has 5 heteroatoms. The lowest BCUT2D eigenvalue weighted by Gasteiger charge is -2.03. The van der Waals surface area contributed by atoms with E-state index in [4.69, 9.17) is 11.6 Å². The molecule has 2 nitrogen and oxygen atoms in total. The van der Waals surface area contributed by atoms with E-state index in [0.717, 1.165) is 12.2 Å². The third-order valence-electron chi connectivity index (χ3n) is 2.10. The summed E-state index contributed by atoms with van der Waals surface area (Å²) in [6, 6.07) is 5.83. The van der Waals surface area contributed by atoms with Crippen LogP contribution in [0, 0.1) is 6.92 Å². The number of rotatable bonds is 3. The molecule has 0 aliphatic heterocycles. The van der Waals surface area contributed by atoms with Crippen molar-refractivity contribution in [1.29, 1.82) is 0 Å². The zero-order chi connectivity index (χ0) is 11.5. The number of nitrogens with zero attached hydrogens (tertiary/aromatic N) is 1. The minimum Gasteiger partial charge on any atom is -0.379 e. The van der Waals surface area contributed by atoms with Crippen molar-refractivity contribution in [1.82, 2.24) is 4.98 Å². The molecule has 0 bridgehead atoms. The number of aromatic nitrogens is 1. The monoisotopic (exact) mass is 316 g/mol. The molecule has 0 atom stereocenters. The van der Waals surface area contributed by atoms with Crippen molar-refractivity contribution < 1.29 is 0 Å². The molecule has 2 rings (SSSR count). The normalized spacial score (nSPS) is 10.4. The van der Waals surface area contributed by atoms with Crippen molar-refractivity contribution in [3.05, 3.63) is 43.8 Å². The summed E-state index contributed by atoms with van der Waals surface area (Å²) in [6.07, 6.45) is 1.73. The summed E-state index contributed by atoms with van der Waals surface area (Å²) in [7, 11) is 0. The van der Waals surface area contributed by atoms with Gasteiger partial charge in [0.15, 0.2) is 0 Å². The fraction of sp³-hybridized carbons (Fsp3) is 0.182. The average molecular weight is 318 g/mol. The second-order valence-corrected chi connectivity index (χ2v) is 5.92. The van der Waals surface area contributed by atoms with Crippen LogP contribution in [-0.2, 0) is 6.54 Å². The van der Waals surface area contributed by atoms with Gasteiger partial charge in [-0.05, 0) is 41.1 Å². The van der Waals surface area contributed by atoms with E-state index in [9.17, 15) is 0 Å². The van der Waals surface area contributed by atoms with Crippen LogP contribution in [0.4, 0.5) is 5.69 Å². The molecule has 0 saturated heterocycles. The fourth-order valence-corrected chi connectivity index (χ4v) is 2.93. The summed E-state index contributed by atoms with van der Waals surface area (Å²) >= 11 is 11.0. The maximum Gasteiger partial charge on any atom is 0.129 e. The van der Waals surface area contributed by atoms with Crippen LogP contribution in [-0.4, -0.2) is 4.98 Å². The second-order valence-electron chi connectivity index (χ2n) is 3.34. The number of pyridine rings is 1. The average Bonchev–Trinajstić information content (AvgIpc) is 2.58. The lowest BCUT2D eigenvalue weighted by molar-refractivity contribution is 1.17. The van der Waals surface area contributed by atoms with Crippen LogP contribution in [0.5, 0.6) is 0 Å². The van der Waals surface area contributed by atoms with Gasteiger partial charge in [0.25, 0.3) is 0 Å². The molecule has 0 aromatic carbocycles. The van der Waals surface area contributed by atoms with Gasteiger partial charge in [-0.25, -0.2) is 4.98 Å². The molecule has 0 aliphatic rings. The van der Waals surface area contributed by atoms with E-state index in [0.29, 0.717) is 5.15 Å². The van der Waals surface area contributed by atoms with E-state index in [1.807, 2.05) is 6.07 Å². The zero-order valence-electron chi connectivity index (χ0n) is 8.63. The molecule has 16 heavy (non-hydrogen) atoms. The summed E-state index contributed by atoms with van der Waals surface area (Å²) in [5, 5.41) is 3.81. The van der Waals surface area contributed by atoms with E-state index >= 15 is 0 Å². The standard InChI is InChI=1S/C11H10BrClN2S/c1-7-10(12)4-9(16-7)6-14-8-2-3-11(13)15-5-8/h2-5,14H,6H2,1H3. The maximum absolute atomic E-state index is 5.71. The number of aryl methyl sites for hydroxylation is 1. The lowest BCUT2D eigenvalue weighted by atomic mass is 10.4. The lowest BCUT2D eigenvalue weighted by Crippen LogP contribution is -1.97. The number of nitrogens with one attached hydrogen (secondary N) is 1. The first-order valence-electron chi connectivity index (χ1n) is 4.75. The summed E-state index contributed by atoms with van der Waals surface area (Å²) in [6.45, 7) is 2.91. The van der Waals surface area contributed by atoms with Crippen LogP contribution < -0.4 is 5.32 Å². The molecule has 1 N–H and O–H groups in total. The Kier molecular flexibility index (Phi) is 3.84. The Balaban J connectivity index is 1.99. The Morgan fingerprint density at radius 1 is 1.50 bits per heavy atom. The van der Waals surface area contributed by atoms with Crippen molar-refractivity contribution in [2.75, 3.05) is 5.32 Å². The molecular weight excluding hydrogens is 308 g/mol. The molecule has 0 fully saturated rings. The van der Waals surface area contributed by atoms with Crippen molar-refractivity contribution >= 4 is 44.6 Å². The van der Waals surface area contributed by atoms with Crippen molar-refractivity contribution in [2.45, 2.75) is 13.5 Å². The number of anilines is 1. The van der Waals surface area contributed by atoms with Crippen LogP contribution in [0.1, 0.15) is 9.75 Å². The summed E-state index contributed by atoms with van der Waals surface area (Å²) in [4.78, 5) is 6.60. The topological polar surface area (TPSA) is 24.9 Å². The summed E-state index contributed by atoms with van der Waals surface area (Å²) < 4.78 is 1.17. The predicted molar refractivity (Wildman–Crippen MR) is 73.3 cm³/mol. The Morgan fingerprint density at radius 3 is 2.88 bits per heavy atom. The Bertz CT molecular complexity index is 462. The number of thiophene rings is 1. The van der Waals surface area contributed by atoms with Gasteiger partial charge < -0.3 is 5.32 Å². The molecule has 0 spiro atoms. The molecule has 0 aliphatic carbocycles. The quantitative estimate of drug-likeness (QED) is 0.844. The number of halogens is 2. The minimum atomic E-state index is 0.514. The first kappa shape index (κ1) is 11.9. The van der Waals surface area contributed by atoms with Gasteiger partial charge in [0.1, 0.15) is 5.15 Å². The van der Waals surface area contributed by atoms with E-state index in [-0.39, 0.29) is 0 Å². The molecule has 0 radical (unpaired) electrons. The van der Waals surface area contributed by atoms with Gasteiger partial charge >= 0.3 is 0 Å². The molecule has 2 aromatic rings. The van der Waals surface area contributed by atoms with Crippen LogP contribution in [0.25, 0.3) is 0 Å². The molecule has 84 valence electrons. The second kappa shape index (κ2) is 5.17. The summed E-state index contributed by atoms with van der Waals surface area (Å²) in [5.41, 5.74) is 0.978. The fourth-order valence-electron chi connectivity index (χ4n) is 1.27. The third-order valence-corrected chi connectivity index (χ3v) is 4.46. The van der Waals surface area contributed by atoms with Gasteiger partial charge in [0.05, 0.1) is 11.9 Å². The van der Waals surface area contributed by atoms with Crippen LogP contribution in [0.2, 0.25) is 5.15 Å². The van der Waals surface area contributed by atoms with Gasteiger partial charge in [0.2, 0.25) is 0 Å². The minimum absolute atomic E-state index is 0.514. The number of hydrogen-bond donors (Lipinski definition) is 1. The highest BCUT2D eigenvalue weighted by Gasteiger charge is 2.02. The Hall–Kier alpha value is -0.580. The zero-order valence-corrected chi connectivity index (χ0v) is 11.8. The van der Waals surface area contributed by atoms with Crippen LogP contribution in [0.15, 0.2) is 28.9 Å². The van der Waals surface area contributed by atoms with Crippen LogP contribution >= 0.6 is 38.9 Å². The van der Waals surface area contributed by atoms with Crippen molar-refractivity contribution in [3.63, 3.8) is 0 Å². The van der Waals surface area contributed by atoms with Gasteiger partial charge in [-0.1, -0.05) is 11.6 Å². The van der Waals surface area contributed by atoms with Gasteiger partial charge in [-0.15, -0.1) is 11.3 Å². The largest absolute Gasteiger partial charge is 0.379 e. The molecule has 2 aromatic heterocycles. The molecular formula is C11H10BrClN2S. The molecule has 0 unspecified atom stereocenters. The Labute approximate surface area is 112 Å². The van der Waals surface area contributed by atoms with Gasteiger partial charge in [0, 0.05) is 20.8 Å². The van der Waals surface area contributed by atoms with E-state index in [1.165, 1.54) is 14.2 Å². The highest BCUT2D eigenvalue weighted by molar-refractivity contribution is 9.10. The molecule has 2 heterocycles. The van der Waals surface area contributed by atoms with Crippen molar-refractivity contribution in [3.8, 4) is 0 Å². The summed E-state index contributed by atoms with van der Waals surface area (Å²) in [5.74, 6) is 0. The maximum atomic E-state index is 5.71. The van der Waals surface area contributed by atoms with Crippen LogP contribution in [0.3, 0.4) is 0 Å². The third kappa shape index (κ3) is 2.97. The highest BCUT2D eigenvalue weighted by atomic mass is 79.9. The first-order chi connectivity index (χ1) is 7.65. The smallest absolute Gasteiger partial charge is 0.129 e. The van der Waals surface area contributed by atoms with Gasteiger partial charge in [-0.2, -0.15) is 0 Å². The predicted octanol–water partition coefficient (Wildman–Crippen LogP) is 4.48. The Morgan fingerprint density at radius 2 is 2.31 bits per heavy atom. The molecule has 0 saturated carbocycles. The highest BCUT2D eigenvalue weighted by Crippen LogP contribution is 2.26. The van der Waals surface area contributed by atoms with E-state index < -0.39 is 0 Å². The SMILES string of the molecule is Cc1sc(CNc2ccc(Cl)nc2)cc1Br. The first-order valence-corrected chi connectivity index (χ1v) is 6.74. The van der Waals surface area contributed by atoms with E-state index in [1.54, 1.807) is 23.6 Å². The molecule has 0 amide bonds. The van der Waals surface area contributed by atoms with Gasteiger partial charge in [-0.3, -0.25) is 0 Å². The van der Waals surface area contributed by atoms with E-state index in [2.05, 4.69) is 39.2 Å². The van der Waals surface area contributed by atoms with Crippen molar-refractivity contribution in [2.24, 2.45) is 0 Å². The number of hydrogen-bond acceptors (Lipinski definition) is 3.